The summed E-state index contributed by atoms with van der Waals surface area (Å²) in [6, 6.07) is 13.5. The van der Waals surface area contributed by atoms with Crippen LogP contribution in [0, 0.1) is 0 Å². The summed E-state index contributed by atoms with van der Waals surface area (Å²) in [5, 5.41) is 8.79. The van der Waals surface area contributed by atoms with E-state index in [2.05, 4.69) is 6.92 Å². The molecule has 0 fully saturated rings. The van der Waals surface area contributed by atoms with Crippen molar-refractivity contribution in [3.63, 3.8) is 0 Å². The molecule has 0 unspecified atom stereocenters. The fourth-order valence-corrected chi connectivity index (χ4v) is 2.56. The molecule has 0 bridgehead atoms. The van der Waals surface area contributed by atoms with Gasteiger partial charge in [0, 0.05) is 11.6 Å². The molecule has 0 atom stereocenters. The minimum atomic E-state index is -0.966. The van der Waals surface area contributed by atoms with Gasteiger partial charge >= 0.3 is 5.97 Å². The van der Waals surface area contributed by atoms with E-state index >= 15 is 0 Å². The van der Waals surface area contributed by atoms with Gasteiger partial charge in [-0.15, -0.1) is 0 Å². The van der Waals surface area contributed by atoms with E-state index in [-0.39, 0.29) is 0 Å². The molecule has 0 amide bonds. The topological polar surface area (TPSA) is 55.8 Å². The number of carboxylic acid groups (broad SMARTS) is 1. The van der Waals surface area contributed by atoms with Crippen molar-refractivity contribution >= 4 is 12.0 Å². The van der Waals surface area contributed by atoms with Gasteiger partial charge in [0.1, 0.15) is 0 Å². The van der Waals surface area contributed by atoms with Gasteiger partial charge in [-0.3, -0.25) is 0 Å². The molecule has 0 saturated carbocycles. The minimum Gasteiger partial charge on any atom is -0.493 e. The summed E-state index contributed by atoms with van der Waals surface area (Å²) in [7, 11) is 1.63. The molecule has 0 aromatic heterocycles. The van der Waals surface area contributed by atoms with Gasteiger partial charge in [0.2, 0.25) is 0 Å². The van der Waals surface area contributed by atoms with E-state index in [1.165, 1.54) is 0 Å². The predicted molar refractivity (Wildman–Crippen MR) is 100 cm³/mol. The summed E-state index contributed by atoms with van der Waals surface area (Å²) in [5.41, 5.74) is 2.71. The predicted octanol–water partition coefficient (Wildman–Crippen LogP) is 5.03. The number of benzene rings is 2. The molecule has 2 aromatic rings. The van der Waals surface area contributed by atoms with Crippen molar-refractivity contribution in [3.8, 4) is 22.6 Å². The molecule has 0 aliphatic heterocycles. The first-order chi connectivity index (χ1) is 12.2. The number of hydrogen-bond donors (Lipinski definition) is 1. The highest BCUT2D eigenvalue weighted by Gasteiger charge is 2.12. The first-order valence-electron chi connectivity index (χ1n) is 8.47. The van der Waals surface area contributed by atoms with E-state index in [0.717, 1.165) is 47.8 Å². The average molecular weight is 340 g/mol. The van der Waals surface area contributed by atoms with Gasteiger partial charge in [0.25, 0.3) is 0 Å². The maximum absolute atomic E-state index is 10.7. The highest BCUT2D eigenvalue weighted by Crippen LogP contribution is 2.38. The second-order valence-corrected chi connectivity index (χ2v) is 5.69. The highest BCUT2D eigenvalue weighted by molar-refractivity contribution is 5.86. The Morgan fingerprint density at radius 3 is 2.68 bits per heavy atom. The van der Waals surface area contributed by atoms with Crippen LogP contribution in [0.5, 0.6) is 11.5 Å². The van der Waals surface area contributed by atoms with E-state index in [1.807, 2.05) is 42.5 Å². The zero-order valence-corrected chi connectivity index (χ0v) is 14.7. The van der Waals surface area contributed by atoms with Crippen LogP contribution in [-0.2, 0) is 4.79 Å². The van der Waals surface area contributed by atoms with Crippen LogP contribution in [0.4, 0.5) is 0 Å². The number of rotatable bonds is 9. The van der Waals surface area contributed by atoms with E-state index in [9.17, 15) is 4.79 Å². The summed E-state index contributed by atoms with van der Waals surface area (Å²) < 4.78 is 11.5. The molecule has 25 heavy (non-hydrogen) atoms. The lowest BCUT2D eigenvalue weighted by molar-refractivity contribution is -0.131. The number of carboxylic acids is 1. The van der Waals surface area contributed by atoms with Crippen molar-refractivity contribution in [2.24, 2.45) is 0 Å². The van der Waals surface area contributed by atoms with Crippen LogP contribution in [-0.4, -0.2) is 24.8 Å². The lowest BCUT2D eigenvalue weighted by Gasteiger charge is -2.15. The Bertz CT molecular complexity index is 734. The van der Waals surface area contributed by atoms with Crippen molar-refractivity contribution in [2.75, 3.05) is 13.7 Å². The maximum atomic E-state index is 10.7. The molecule has 2 aromatic carbocycles. The number of hydrogen-bond acceptors (Lipinski definition) is 3. The normalized spacial score (nSPS) is 10.8. The van der Waals surface area contributed by atoms with Crippen LogP contribution in [0.15, 0.2) is 48.5 Å². The van der Waals surface area contributed by atoms with Crippen LogP contribution in [0.25, 0.3) is 17.2 Å². The first kappa shape index (κ1) is 18.6. The van der Waals surface area contributed by atoms with Crippen LogP contribution in [0.1, 0.15) is 31.7 Å². The third-order valence-corrected chi connectivity index (χ3v) is 3.81. The lowest BCUT2D eigenvalue weighted by atomic mass is 10.0. The third-order valence-electron chi connectivity index (χ3n) is 3.81. The van der Waals surface area contributed by atoms with Crippen molar-refractivity contribution in [2.45, 2.75) is 26.2 Å². The zero-order chi connectivity index (χ0) is 18.1. The molecule has 0 spiro atoms. The van der Waals surface area contributed by atoms with Gasteiger partial charge in [-0.1, -0.05) is 50.1 Å². The third kappa shape index (κ3) is 5.38. The number of methoxy groups -OCH3 is 1. The number of carbonyl (C=O) groups is 1. The van der Waals surface area contributed by atoms with E-state index in [0.29, 0.717) is 12.4 Å². The van der Waals surface area contributed by atoms with E-state index < -0.39 is 5.97 Å². The molecule has 1 N–H and O–H groups in total. The van der Waals surface area contributed by atoms with E-state index in [1.54, 1.807) is 13.2 Å². The number of para-hydroxylation sites is 1. The van der Waals surface area contributed by atoms with Crippen LogP contribution >= 0.6 is 0 Å². The van der Waals surface area contributed by atoms with Gasteiger partial charge in [-0.2, -0.15) is 0 Å². The molecule has 0 aliphatic rings. The monoisotopic (exact) mass is 340 g/mol. The summed E-state index contributed by atoms with van der Waals surface area (Å²) in [5.74, 6) is 0.452. The largest absolute Gasteiger partial charge is 0.493 e. The van der Waals surface area contributed by atoms with Crippen LogP contribution in [0.2, 0.25) is 0 Å². The van der Waals surface area contributed by atoms with Gasteiger partial charge < -0.3 is 14.6 Å². The molecule has 2 rings (SSSR count). The minimum absolute atomic E-state index is 0.639. The standard InChI is InChI=1S/C21H24O4/c1-3-4-5-14-25-21-18(10-7-11-19(21)24-2)17-9-6-8-16(15-17)12-13-20(22)23/h6-13,15H,3-5,14H2,1-2H3,(H,22,23). The molecular formula is C21H24O4. The second kappa shape index (κ2) is 9.52. The molecule has 4 heteroatoms. The molecule has 0 aliphatic carbocycles. The SMILES string of the molecule is CCCCCOc1c(OC)cccc1-c1cccc(C=CC(=O)O)c1. The summed E-state index contributed by atoms with van der Waals surface area (Å²) >= 11 is 0. The Labute approximate surface area is 148 Å². The Morgan fingerprint density at radius 2 is 1.96 bits per heavy atom. The molecule has 132 valence electrons. The summed E-state index contributed by atoms with van der Waals surface area (Å²) in [6.45, 7) is 2.80. The van der Waals surface area contributed by atoms with E-state index in [4.69, 9.17) is 14.6 Å². The quantitative estimate of drug-likeness (QED) is 0.514. The highest BCUT2D eigenvalue weighted by atomic mass is 16.5. The van der Waals surface area contributed by atoms with Crippen molar-refractivity contribution in [3.05, 3.63) is 54.1 Å². The molecule has 0 radical (unpaired) electrons. The Morgan fingerprint density at radius 1 is 1.16 bits per heavy atom. The van der Waals surface area contributed by atoms with Gasteiger partial charge in [0.15, 0.2) is 11.5 Å². The number of unbranched alkanes of at least 4 members (excludes halogenated alkanes) is 2. The Balaban J connectivity index is 2.34. The zero-order valence-electron chi connectivity index (χ0n) is 14.7. The van der Waals surface area contributed by atoms with Gasteiger partial charge in [-0.05, 0) is 35.8 Å². The molecule has 0 heterocycles. The first-order valence-corrected chi connectivity index (χ1v) is 8.47. The van der Waals surface area contributed by atoms with Gasteiger partial charge in [0.05, 0.1) is 13.7 Å². The second-order valence-electron chi connectivity index (χ2n) is 5.69. The number of aliphatic carboxylic acids is 1. The molecular weight excluding hydrogens is 316 g/mol. The fourth-order valence-electron chi connectivity index (χ4n) is 2.56. The van der Waals surface area contributed by atoms with Crippen molar-refractivity contribution in [1.29, 1.82) is 0 Å². The smallest absolute Gasteiger partial charge is 0.328 e. The Kier molecular flexibility index (Phi) is 7.08. The van der Waals surface area contributed by atoms with Crippen molar-refractivity contribution in [1.82, 2.24) is 0 Å². The molecule has 4 nitrogen and oxygen atoms in total. The average Bonchev–Trinajstić information content (AvgIpc) is 2.63. The maximum Gasteiger partial charge on any atom is 0.328 e. The Hall–Kier alpha value is -2.75. The summed E-state index contributed by atoms with van der Waals surface area (Å²) in [6.07, 6.45) is 5.97. The van der Waals surface area contributed by atoms with Gasteiger partial charge in [-0.25, -0.2) is 4.79 Å². The fraction of sp³-hybridized carbons (Fsp3) is 0.286. The van der Waals surface area contributed by atoms with Crippen LogP contribution < -0.4 is 9.47 Å². The van der Waals surface area contributed by atoms with Crippen molar-refractivity contribution < 1.29 is 19.4 Å². The van der Waals surface area contributed by atoms with Crippen LogP contribution in [0.3, 0.4) is 0 Å². The number of ether oxygens (including phenoxy) is 2. The molecule has 0 saturated heterocycles. The summed E-state index contributed by atoms with van der Waals surface area (Å²) in [4.78, 5) is 10.7. The lowest BCUT2D eigenvalue weighted by Crippen LogP contribution is -2.01.